The highest BCUT2D eigenvalue weighted by Crippen LogP contribution is 2.39. The van der Waals surface area contributed by atoms with Gasteiger partial charge in [-0.2, -0.15) is 0 Å². The second-order valence-electron chi connectivity index (χ2n) is 6.03. The molecule has 1 saturated heterocycles. The number of benzene rings is 2. The highest BCUT2D eigenvalue weighted by Gasteiger charge is 2.33. The molecule has 2 aliphatic heterocycles. The molecule has 2 aromatic carbocycles. The maximum Gasteiger partial charge on any atom is 0.178 e. The van der Waals surface area contributed by atoms with E-state index in [0.717, 1.165) is 25.2 Å². The van der Waals surface area contributed by atoms with Crippen LogP contribution in [0.25, 0.3) is 10.8 Å². The Morgan fingerprint density at radius 1 is 1.05 bits per heavy atom. The molecule has 0 radical (unpaired) electrons. The quantitative estimate of drug-likeness (QED) is 0.836. The van der Waals surface area contributed by atoms with Crippen LogP contribution in [0.15, 0.2) is 41.3 Å². The topological polar surface area (TPSA) is 20.3 Å². The molecule has 108 valence electrons. The Kier molecular flexibility index (Phi) is 3.48. The van der Waals surface area contributed by atoms with Gasteiger partial charge in [0.1, 0.15) is 0 Å². The predicted molar refractivity (Wildman–Crippen MR) is 88.2 cm³/mol. The number of ketones is 1. The van der Waals surface area contributed by atoms with Crippen molar-refractivity contribution in [2.45, 2.75) is 29.4 Å². The van der Waals surface area contributed by atoms with Gasteiger partial charge < -0.3 is 4.90 Å². The van der Waals surface area contributed by atoms with Crippen molar-refractivity contribution in [3.05, 3.63) is 42.0 Å². The summed E-state index contributed by atoms with van der Waals surface area (Å²) in [4.78, 5) is 16.3. The molecular weight excluding hydrogens is 278 g/mol. The van der Waals surface area contributed by atoms with Gasteiger partial charge in [-0.15, -0.1) is 11.8 Å². The number of thioether (sulfide) groups is 1. The number of carbonyl (C=O) groups excluding carboxylic acids is 1. The van der Waals surface area contributed by atoms with E-state index in [1.807, 2.05) is 6.07 Å². The number of piperidine rings is 1. The lowest BCUT2D eigenvalue weighted by Gasteiger charge is -2.28. The van der Waals surface area contributed by atoms with Crippen molar-refractivity contribution in [2.24, 2.45) is 0 Å². The molecule has 3 heteroatoms. The van der Waals surface area contributed by atoms with Gasteiger partial charge in [0.05, 0.1) is 5.25 Å². The smallest absolute Gasteiger partial charge is 0.178 e. The molecule has 2 aliphatic rings. The van der Waals surface area contributed by atoms with Gasteiger partial charge in [0.25, 0.3) is 0 Å². The molecule has 1 atom stereocenters. The van der Waals surface area contributed by atoms with Gasteiger partial charge >= 0.3 is 0 Å². The van der Waals surface area contributed by atoms with Crippen LogP contribution in [0.3, 0.4) is 0 Å². The fourth-order valence-electron chi connectivity index (χ4n) is 3.39. The van der Waals surface area contributed by atoms with Crippen LogP contribution in [-0.2, 0) is 0 Å². The van der Waals surface area contributed by atoms with E-state index in [9.17, 15) is 4.79 Å². The third-order valence-electron chi connectivity index (χ3n) is 4.55. The van der Waals surface area contributed by atoms with Crippen molar-refractivity contribution in [1.29, 1.82) is 0 Å². The summed E-state index contributed by atoms with van der Waals surface area (Å²) in [6.07, 6.45) is 3.90. The number of rotatable bonds is 2. The molecule has 0 bridgehead atoms. The van der Waals surface area contributed by atoms with Crippen LogP contribution >= 0.6 is 11.8 Å². The molecule has 0 aliphatic carbocycles. The molecule has 2 heterocycles. The highest BCUT2D eigenvalue weighted by molar-refractivity contribution is 8.01. The van der Waals surface area contributed by atoms with Crippen LogP contribution in [0, 0.1) is 0 Å². The van der Waals surface area contributed by atoms with E-state index in [1.165, 1.54) is 34.9 Å². The monoisotopic (exact) mass is 297 g/mol. The van der Waals surface area contributed by atoms with Gasteiger partial charge in [0.15, 0.2) is 5.78 Å². The zero-order chi connectivity index (χ0) is 14.2. The maximum atomic E-state index is 12.7. The summed E-state index contributed by atoms with van der Waals surface area (Å²) in [7, 11) is 0. The molecule has 4 rings (SSSR count). The fourth-order valence-corrected chi connectivity index (χ4v) is 4.69. The minimum atomic E-state index is 0.0925. The highest BCUT2D eigenvalue weighted by atomic mass is 32.2. The van der Waals surface area contributed by atoms with Crippen LogP contribution in [0.1, 0.15) is 29.6 Å². The molecule has 1 fully saturated rings. The summed E-state index contributed by atoms with van der Waals surface area (Å²) in [6, 6.07) is 12.6. The van der Waals surface area contributed by atoms with E-state index >= 15 is 0 Å². The molecule has 0 amide bonds. The van der Waals surface area contributed by atoms with Crippen molar-refractivity contribution in [2.75, 3.05) is 19.6 Å². The van der Waals surface area contributed by atoms with E-state index in [1.54, 1.807) is 11.8 Å². The van der Waals surface area contributed by atoms with Crippen LogP contribution in [0.2, 0.25) is 0 Å². The first-order valence-corrected chi connectivity index (χ1v) is 8.65. The first-order chi connectivity index (χ1) is 10.3. The van der Waals surface area contributed by atoms with Crippen molar-refractivity contribution < 1.29 is 4.79 Å². The third kappa shape index (κ3) is 2.49. The van der Waals surface area contributed by atoms with E-state index in [-0.39, 0.29) is 5.25 Å². The maximum absolute atomic E-state index is 12.7. The Labute approximate surface area is 129 Å². The number of fused-ring (bicyclic) bond motifs is 2. The average Bonchev–Trinajstić information content (AvgIpc) is 2.82. The lowest BCUT2D eigenvalue weighted by atomic mass is 10.0. The molecule has 0 N–H and O–H groups in total. The first kappa shape index (κ1) is 13.4. The molecule has 1 unspecified atom stereocenters. The van der Waals surface area contributed by atoms with Gasteiger partial charge in [-0.3, -0.25) is 4.79 Å². The van der Waals surface area contributed by atoms with E-state index < -0.39 is 0 Å². The second kappa shape index (κ2) is 5.47. The average molecular weight is 297 g/mol. The minimum Gasteiger partial charge on any atom is -0.302 e. The van der Waals surface area contributed by atoms with Crippen molar-refractivity contribution in [3.63, 3.8) is 0 Å². The van der Waals surface area contributed by atoms with Crippen molar-refractivity contribution in [3.8, 4) is 0 Å². The number of hydrogen-bond donors (Lipinski definition) is 0. The lowest BCUT2D eigenvalue weighted by Crippen LogP contribution is -2.37. The van der Waals surface area contributed by atoms with E-state index in [2.05, 4.69) is 35.2 Å². The van der Waals surface area contributed by atoms with Crippen molar-refractivity contribution in [1.82, 2.24) is 4.90 Å². The van der Waals surface area contributed by atoms with E-state index in [0.29, 0.717) is 5.78 Å². The predicted octanol–water partition coefficient (Wildman–Crippen LogP) is 3.98. The largest absolute Gasteiger partial charge is 0.302 e. The van der Waals surface area contributed by atoms with Gasteiger partial charge in [-0.25, -0.2) is 0 Å². The summed E-state index contributed by atoms with van der Waals surface area (Å²) in [5.41, 5.74) is 0.931. The Bertz CT molecular complexity index is 691. The molecule has 0 aromatic heterocycles. The van der Waals surface area contributed by atoms with Gasteiger partial charge in [0, 0.05) is 17.0 Å². The Morgan fingerprint density at radius 3 is 2.52 bits per heavy atom. The summed E-state index contributed by atoms with van der Waals surface area (Å²) in [5.74, 6) is 0.325. The number of carbonyl (C=O) groups is 1. The van der Waals surface area contributed by atoms with Gasteiger partial charge in [-0.05, 0) is 48.8 Å². The first-order valence-electron chi connectivity index (χ1n) is 7.77. The fraction of sp³-hybridized carbons (Fsp3) is 0.389. The van der Waals surface area contributed by atoms with Gasteiger partial charge in [0.2, 0.25) is 0 Å². The zero-order valence-corrected chi connectivity index (χ0v) is 12.9. The summed E-state index contributed by atoms with van der Waals surface area (Å²) >= 11 is 1.76. The van der Waals surface area contributed by atoms with E-state index in [4.69, 9.17) is 0 Å². The second-order valence-corrected chi connectivity index (χ2v) is 7.27. The Morgan fingerprint density at radius 2 is 1.76 bits per heavy atom. The number of likely N-dealkylation sites (tertiary alicyclic amines) is 1. The van der Waals surface area contributed by atoms with Crippen molar-refractivity contribution >= 4 is 28.3 Å². The molecule has 0 spiro atoms. The summed E-state index contributed by atoms with van der Waals surface area (Å²) < 4.78 is 0. The summed E-state index contributed by atoms with van der Waals surface area (Å²) in [6.45, 7) is 3.22. The molecule has 0 saturated carbocycles. The van der Waals surface area contributed by atoms with Crippen LogP contribution in [0.4, 0.5) is 0 Å². The number of Topliss-reactive ketones (excluding diaryl/α,β-unsaturated/α-hetero) is 1. The lowest BCUT2D eigenvalue weighted by molar-refractivity contribution is 0.0970. The molecule has 2 aromatic rings. The number of hydrogen-bond acceptors (Lipinski definition) is 3. The van der Waals surface area contributed by atoms with Gasteiger partial charge in [-0.1, -0.05) is 30.7 Å². The Balaban J connectivity index is 1.60. The standard InChI is InChI=1S/C18H19NOS/c20-18-15-10-13-6-2-3-7-14(13)11-16(15)21-17(18)12-19-8-4-1-5-9-19/h2-3,6-7,10-11,17H,1,4-5,8-9,12H2. The normalized spacial score (nSPS) is 22.7. The molecular formula is C18H19NOS. The van der Waals surface area contributed by atoms with Crippen LogP contribution < -0.4 is 0 Å². The number of nitrogens with zero attached hydrogens (tertiary/aromatic N) is 1. The third-order valence-corrected chi connectivity index (χ3v) is 5.79. The molecule has 21 heavy (non-hydrogen) atoms. The Hall–Kier alpha value is -1.32. The van der Waals surface area contributed by atoms with Crippen LogP contribution in [0.5, 0.6) is 0 Å². The minimum absolute atomic E-state index is 0.0925. The SMILES string of the molecule is O=C1c2cc3ccccc3cc2SC1CN1CCCCC1. The summed E-state index contributed by atoms with van der Waals surface area (Å²) in [5, 5.41) is 2.49. The molecule has 2 nitrogen and oxygen atoms in total. The zero-order valence-electron chi connectivity index (χ0n) is 12.0. The van der Waals surface area contributed by atoms with Crippen LogP contribution in [-0.4, -0.2) is 35.6 Å².